The molecule has 1 aliphatic rings. The number of nitrogens with zero attached hydrogens (tertiary/aromatic N) is 2. The highest BCUT2D eigenvalue weighted by Gasteiger charge is 2.29. The lowest BCUT2D eigenvalue weighted by atomic mass is 10.0. The predicted molar refractivity (Wildman–Crippen MR) is 74.5 cm³/mol. The van der Waals surface area contributed by atoms with Crippen molar-refractivity contribution in [1.29, 1.82) is 0 Å². The van der Waals surface area contributed by atoms with Crippen molar-refractivity contribution in [3.63, 3.8) is 0 Å². The van der Waals surface area contributed by atoms with E-state index in [2.05, 4.69) is 4.98 Å². The number of likely N-dealkylation sites (tertiary alicyclic amines) is 1. The summed E-state index contributed by atoms with van der Waals surface area (Å²) >= 11 is 6.12. The lowest BCUT2D eigenvalue weighted by Gasteiger charge is -2.30. The van der Waals surface area contributed by atoms with Gasteiger partial charge in [0.2, 0.25) is 5.76 Å². The third-order valence-electron chi connectivity index (χ3n) is 3.67. The molecule has 0 bridgehead atoms. The largest absolute Gasteiger partial charge is 0.438 e. The van der Waals surface area contributed by atoms with Crippen molar-refractivity contribution >= 4 is 17.5 Å². The van der Waals surface area contributed by atoms with Gasteiger partial charge in [-0.05, 0) is 33.1 Å². The molecule has 1 aromatic rings. The molecule has 2 unspecified atom stereocenters. The Morgan fingerprint density at radius 1 is 1.58 bits per heavy atom. The van der Waals surface area contributed by atoms with Crippen LogP contribution in [0.15, 0.2) is 10.8 Å². The van der Waals surface area contributed by atoms with Gasteiger partial charge in [0.25, 0.3) is 5.91 Å². The van der Waals surface area contributed by atoms with Crippen LogP contribution in [0.3, 0.4) is 0 Å². The van der Waals surface area contributed by atoms with Crippen LogP contribution in [0.5, 0.6) is 0 Å². The van der Waals surface area contributed by atoms with Crippen LogP contribution in [0.25, 0.3) is 0 Å². The normalized spacial score (nSPS) is 22.1. The molecule has 1 saturated heterocycles. The van der Waals surface area contributed by atoms with Gasteiger partial charge in [0.1, 0.15) is 0 Å². The number of aryl methyl sites for hydroxylation is 1. The Morgan fingerprint density at radius 2 is 2.37 bits per heavy atom. The molecule has 0 aromatic carbocycles. The highest BCUT2D eigenvalue weighted by atomic mass is 35.5. The molecule has 0 radical (unpaired) electrons. The molecule has 0 spiro atoms. The number of carbonyl (C=O) groups is 1. The third kappa shape index (κ3) is 3.50. The maximum Gasteiger partial charge on any atom is 0.291 e. The van der Waals surface area contributed by atoms with Gasteiger partial charge in [-0.2, -0.15) is 0 Å². The highest BCUT2D eigenvalue weighted by Crippen LogP contribution is 2.24. The van der Waals surface area contributed by atoms with Gasteiger partial charge < -0.3 is 9.32 Å². The second kappa shape index (κ2) is 6.42. The van der Waals surface area contributed by atoms with Crippen molar-refractivity contribution in [3.05, 3.63) is 17.8 Å². The molecule has 0 aliphatic carbocycles. The fraction of sp³-hybridized carbons (Fsp3) is 0.714. The van der Waals surface area contributed by atoms with E-state index < -0.39 is 0 Å². The Labute approximate surface area is 119 Å². The van der Waals surface area contributed by atoms with E-state index in [0.717, 1.165) is 32.2 Å². The molecule has 0 N–H and O–H groups in total. The van der Waals surface area contributed by atoms with E-state index in [1.807, 2.05) is 11.8 Å². The van der Waals surface area contributed by atoms with Gasteiger partial charge >= 0.3 is 0 Å². The van der Waals surface area contributed by atoms with E-state index in [1.54, 1.807) is 6.92 Å². The van der Waals surface area contributed by atoms with Crippen molar-refractivity contribution in [2.75, 3.05) is 6.54 Å². The first kappa shape index (κ1) is 14.4. The summed E-state index contributed by atoms with van der Waals surface area (Å²) in [4.78, 5) is 18.5. The van der Waals surface area contributed by atoms with E-state index in [1.165, 1.54) is 12.8 Å². The van der Waals surface area contributed by atoms with Gasteiger partial charge in [-0.15, -0.1) is 11.6 Å². The Kier molecular flexibility index (Phi) is 4.86. The molecular formula is C14H21ClN2O2. The minimum absolute atomic E-state index is 0.0424. The Hall–Kier alpha value is -1.03. The zero-order chi connectivity index (χ0) is 13.8. The maximum absolute atomic E-state index is 12.6. The van der Waals surface area contributed by atoms with Crippen molar-refractivity contribution in [1.82, 2.24) is 9.88 Å². The standard InChI is InChI=1S/C14H21ClN2O2/c1-10(15)8-12-6-4-3-5-7-17(12)14(18)13-11(2)16-9-19-13/h9-10,12H,3-8H2,1-2H3. The van der Waals surface area contributed by atoms with Crippen molar-refractivity contribution < 1.29 is 9.21 Å². The van der Waals surface area contributed by atoms with E-state index in [9.17, 15) is 4.79 Å². The summed E-state index contributed by atoms with van der Waals surface area (Å²) in [6.07, 6.45) is 6.57. The molecule has 4 nitrogen and oxygen atoms in total. The quantitative estimate of drug-likeness (QED) is 0.799. The number of rotatable bonds is 3. The van der Waals surface area contributed by atoms with Crippen molar-refractivity contribution in [2.24, 2.45) is 0 Å². The second-order valence-corrected chi connectivity index (χ2v) is 6.03. The average molecular weight is 285 g/mol. The van der Waals surface area contributed by atoms with Gasteiger partial charge in [-0.25, -0.2) is 4.98 Å². The van der Waals surface area contributed by atoms with Crippen LogP contribution >= 0.6 is 11.6 Å². The van der Waals surface area contributed by atoms with E-state index in [-0.39, 0.29) is 17.3 Å². The number of carbonyl (C=O) groups excluding carboxylic acids is 1. The molecule has 19 heavy (non-hydrogen) atoms. The molecule has 1 aliphatic heterocycles. The number of aromatic nitrogens is 1. The monoisotopic (exact) mass is 284 g/mol. The van der Waals surface area contributed by atoms with Crippen molar-refractivity contribution in [2.45, 2.75) is 57.4 Å². The molecule has 2 heterocycles. The van der Waals surface area contributed by atoms with Crippen LogP contribution in [0.4, 0.5) is 0 Å². The van der Waals surface area contributed by atoms with Gasteiger partial charge in [0.05, 0.1) is 5.69 Å². The van der Waals surface area contributed by atoms with Crippen LogP contribution in [-0.4, -0.2) is 33.8 Å². The number of hydrogen-bond acceptors (Lipinski definition) is 3. The summed E-state index contributed by atoms with van der Waals surface area (Å²) in [5, 5.41) is 0.0780. The minimum Gasteiger partial charge on any atom is -0.438 e. The number of oxazole rings is 1. The molecule has 0 saturated carbocycles. The summed E-state index contributed by atoms with van der Waals surface area (Å²) in [5.74, 6) is 0.327. The number of halogens is 1. The molecule has 5 heteroatoms. The molecule has 1 fully saturated rings. The van der Waals surface area contributed by atoms with Gasteiger partial charge in [0, 0.05) is 18.0 Å². The van der Waals surface area contributed by atoms with E-state index >= 15 is 0 Å². The molecule has 2 rings (SSSR count). The average Bonchev–Trinajstić information content (AvgIpc) is 2.64. The van der Waals surface area contributed by atoms with E-state index in [4.69, 9.17) is 16.0 Å². The second-order valence-electron chi connectivity index (χ2n) is 5.29. The zero-order valence-corrected chi connectivity index (χ0v) is 12.3. The molecular weight excluding hydrogens is 264 g/mol. The van der Waals surface area contributed by atoms with Gasteiger partial charge in [-0.3, -0.25) is 4.79 Å². The van der Waals surface area contributed by atoms with Gasteiger partial charge in [-0.1, -0.05) is 12.8 Å². The zero-order valence-electron chi connectivity index (χ0n) is 11.6. The van der Waals surface area contributed by atoms with Crippen LogP contribution in [-0.2, 0) is 0 Å². The van der Waals surface area contributed by atoms with E-state index in [0.29, 0.717) is 11.5 Å². The fourth-order valence-corrected chi connectivity index (χ4v) is 2.91. The summed E-state index contributed by atoms with van der Waals surface area (Å²) in [5.41, 5.74) is 0.659. The Bertz CT molecular complexity index is 431. The first-order chi connectivity index (χ1) is 9.09. The summed E-state index contributed by atoms with van der Waals surface area (Å²) in [7, 11) is 0. The SMILES string of the molecule is Cc1ncoc1C(=O)N1CCCCCC1CC(C)Cl. The van der Waals surface area contributed by atoms with Crippen LogP contribution in [0.2, 0.25) is 0 Å². The summed E-state index contributed by atoms with van der Waals surface area (Å²) < 4.78 is 5.24. The van der Waals surface area contributed by atoms with Crippen LogP contribution < -0.4 is 0 Å². The molecule has 1 amide bonds. The van der Waals surface area contributed by atoms with Crippen LogP contribution in [0.1, 0.15) is 55.3 Å². The molecule has 2 atom stereocenters. The maximum atomic E-state index is 12.6. The van der Waals surface area contributed by atoms with Gasteiger partial charge in [0.15, 0.2) is 6.39 Å². The number of alkyl halides is 1. The number of amides is 1. The first-order valence-electron chi connectivity index (χ1n) is 6.94. The lowest BCUT2D eigenvalue weighted by molar-refractivity contribution is 0.0640. The summed E-state index contributed by atoms with van der Waals surface area (Å²) in [6, 6.07) is 0.215. The van der Waals surface area contributed by atoms with Crippen LogP contribution in [0, 0.1) is 6.92 Å². The fourth-order valence-electron chi connectivity index (χ4n) is 2.70. The Balaban J connectivity index is 2.17. The minimum atomic E-state index is -0.0424. The molecule has 106 valence electrons. The topological polar surface area (TPSA) is 46.3 Å². The molecule has 1 aromatic heterocycles. The third-order valence-corrected chi connectivity index (χ3v) is 3.85. The van der Waals surface area contributed by atoms with Crippen molar-refractivity contribution in [3.8, 4) is 0 Å². The first-order valence-corrected chi connectivity index (χ1v) is 7.38. The number of hydrogen-bond donors (Lipinski definition) is 0. The smallest absolute Gasteiger partial charge is 0.291 e. The summed E-state index contributed by atoms with van der Waals surface area (Å²) in [6.45, 7) is 4.57. The highest BCUT2D eigenvalue weighted by molar-refractivity contribution is 6.20. The predicted octanol–water partition coefficient (Wildman–Crippen LogP) is 3.39. The lowest BCUT2D eigenvalue weighted by Crippen LogP contribution is -2.41. The Morgan fingerprint density at radius 3 is 3.00 bits per heavy atom.